The Balaban J connectivity index is 1.49. The molecule has 0 unspecified atom stereocenters. The molecule has 0 N–H and O–H groups in total. The fraction of sp³-hybridized carbons (Fsp3) is 0.308. The van der Waals surface area contributed by atoms with Crippen LogP contribution in [0.1, 0.15) is 105 Å². The van der Waals surface area contributed by atoms with Crippen LogP contribution in [0.5, 0.6) is 11.5 Å². The van der Waals surface area contributed by atoms with E-state index in [1.165, 1.54) is 5.56 Å². The molecule has 2 heterocycles. The van der Waals surface area contributed by atoms with Crippen LogP contribution in [0.4, 0.5) is 0 Å². The SMILES string of the molecule is CC(C)(C)c1cc(-c2c(Op3oc4ccccc4c4ccccc4o3)cc(C(C)(C)C)cc2C(C)(C)C)c(Op2oc3ccccc3c3ccccc3o2)c(C(C)(C)C)c1. The molecule has 0 amide bonds. The van der Waals surface area contributed by atoms with Gasteiger partial charge in [0.25, 0.3) is 0 Å². The molecule has 0 aliphatic carbocycles. The molecule has 8 heteroatoms. The third-order valence-corrected chi connectivity index (χ3v) is 13.0. The van der Waals surface area contributed by atoms with Crippen LogP contribution < -0.4 is 9.05 Å². The second-order valence-corrected chi connectivity index (χ2v) is 21.8. The third-order valence-electron chi connectivity index (χ3n) is 11.0. The largest absolute Gasteiger partial charge is 0.453 e. The Morgan fingerprint density at radius 3 is 1.12 bits per heavy atom. The zero-order valence-corrected chi connectivity index (χ0v) is 38.7. The van der Waals surface area contributed by atoms with E-state index >= 15 is 0 Å². The van der Waals surface area contributed by atoms with Gasteiger partial charge in [-0.15, -0.1) is 0 Å². The fourth-order valence-electron chi connectivity index (χ4n) is 7.56. The molecule has 0 fully saturated rings. The summed E-state index contributed by atoms with van der Waals surface area (Å²) in [6.45, 7) is 26.9. The first-order chi connectivity index (χ1) is 28.3. The van der Waals surface area contributed by atoms with E-state index in [0.717, 1.165) is 49.4 Å². The first kappa shape index (κ1) is 41.5. The third kappa shape index (κ3) is 8.25. The molecule has 8 rings (SSSR count). The van der Waals surface area contributed by atoms with E-state index in [1.54, 1.807) is 0 Å². The first-order valence-corrected chi connectivity index (χ1v) is 22.9. The van der Waals surface area contributed by atoms with E-state index in [4.69, 9.17) is 25.8 Å². The van der Waals surface area contributed by atoms with Crippen LogP contribution in [0.15, 0.2) is 138 Å². The fourth-order valence-corrected chi connectivity index (χ4v) is 9.71. The minimum atomic E-state index is -1.99. The molecule has 0 radical (unpaired) electrons. The van der Waals surface area contributed by atoms with Gasteiger partial charge in [0.05, 0.1) is 0 Å². The van der Waals surface area contributed by atoms with Crippen LogP contribution in [0.25, 0.3) is 55.0 Å². The van der Waals surface area contributed by atoms with Crippen LogP contribution >= 0.6 is 16.5 Å². The van der Waals surface area contributed by atoms with E-state index in [2.05, 4.69) is 132 Å². The van der Waals surface area contributed by atoms with Gasteiger partial charge in [0.1, 0.15) is 33.8 Å². The lowest BCUT2D eigenvalue weighted by Crippen LogP contribution is -2.20. The minimum Gasteiger partial charge on any atom is -0.390 e. The molecular formula is C52H56O6P2. The Bertz CT molecular complexity index is 2870. The Morgan fingerprint density at radius 2 is 0.733 bits per heavy atom. The van der Waals surface area contributed by atoms with Gasteiger partial charge >= 0.3 is 16.5 Å². The standard InChI is InChI=1S/C52H56O6P2/c1-49(2,3)33-29-39(48(41(31-33)52(10,11)12)58-60-55-44-27-19-15-23-37(44)38-24-16-20-28-45(38)56-60)47-40(51(7,8)9)30-34(50(4,5)6)32-46(47)57-59-53-42-25-17-13-21-35(42)36-22-14-18-26-43(36)54-59/h13-32H,1-12H3. The van der Waals surface area contributed by atoms with Crippen molar-refractivity contribution in [1.29, 1.82) is 0 Å². The Hall–Kier alpha value is -5.28. The summed E-state index contributed by atoms with van der Waals surface area (Å²) in [5.41, 5.74) is 7.99. The van der Waals surface area contributed by atoms with Crippen LogP contribution in [0.2, 0.25) is 0 Å². The van der Waals surface area contributed by atoms with Crippen molar-refractivity contribution in [2.45, 2.75) is 105 Å². The maximum Gasteiger partial charge on any atom is 0.453 e. The zero-order chi connectivity index (χ0) is 42.8. The van der Waals surface area contributed by atoms with Gasteiger partial charge in [-0.2, -0.15) is 0 Å². The van der Waals surface area contributed by atoms with Crippen LogP contribution in [0, 0.1) is 0 Å². The van der Waals surface area contributed by atoms with Crippen molar-refractivity contribution in [1.82, 2.24) is 0 Å². The van der Waals surface area contributed by atoms with Crippen molar-refractivity contribution in [3.05, 3.63) is 144 Å². The highest BCUT2D eigenvalue weighted by Crippen LogP contribution is 2.54. The van der Waals surface area contributed by atoms with E-state index in [1.807, 2.05) is 72.8 Å². The Kier molecular flexibility index (Phi) is 10.6. The zero-order valence-electron chi connectivity index (χ0n) is 36.9. The highest BCUT2D eigenvalue weighted by molar-refractivity contribution is 7.32. The van der Waals surface area contributed by atoms with Crippen molar-refractivity contribution in [2.75, 3.05) is 0 Å². The molecule has 6 nitrogen and oxygen atoms in total. The van der Waals surface area contributed by atoms with E-state index < -0.39 is 16.5 Å². The minimum absolute atomic E-state index is 0.203. The van der Waals surface area contributed by atoms with Gasteiger partial charge in [-0.05, 0) is 74.7 Å². The van der Waals surface area contributed by atoms with E-state index in [-0.39, 0.29) is 21.7 Å². The molecule has 310 valence electrons. The molecule has 2 aromatic heterocycles. The smallest absolute Gasteiger partial charge is 0.390 e. The summed E-state index contributed by atoms with van der Waals surface area (Å²) < 4.78 is 41.5. The molecular weight excluding hydrogens is 783 g/mol. The van der Waals surface area contributed by atoms with Gasteiger partial charge in [0.2, 0.25) is 0 Å². The number of fused-ring (bicyclic) bond motifs is 6. The van der Waals surface area contributed by atoms with Crippen molar-refractivity contribution in [3.63, 3.8) is 0 Å². The molecule has 60 heavy (non-hydrogen) atoms. The molecule has 8 aromatic rings. The lowest BCUT2D eigenvalue weighted by molar-refractivity contribution is 0.475. The van der Waals surface area contributed by atoms with Crippen LogP contribution in [0.3, 0.4) is 0 Å². The maximum atomic E-state index is 7.29. The molecule has 0 atom stereocenters. The summed E-state index contributed by atoms with van der Waals surface area (Å²) in [5.74, 6) is 1.33. The van der Waals surface area contributed by atoms with Gasteiger partial charge < -0.3 is 25.8 Å². The number of hydrogen-bond donors (Lipinski definition) is 0. The molecule has 6 aromatic carbocycles. The maximum absolute atomic E-state index is 7.29. The summed E-state index contributed by atoms with van der Waals surface area (Å²) in [6, 6.07) is 41.3. The molecule has 0 saturated heterocycles. The number of para-hydroxylation sites is 4. The topological polar surface area (TPSA) is 71.0 Å². The highest BCUT2D eigenvalue weighted by atomic mass is 31.1. The first-order valence-electron chi connectivity index (χ1n) is 20.7. The summed E-state index contributed by atoms with van der Waals surface area (Å²) in [7, 11) is -3.98. The highest BCUT2D eigenvalue weighted by Gasteiger charge is 2.34. The molecule has 0 spiro atoms. The van der Waals surface area contributed by atoms with Crippen molar-refractivity contribution >= 4 is 60.4 Å². The Morgan fingerprint density at radius 1 is 0.383 bits per heavy atom. The van der Waals surface area contributed by atoms with Gasteiger partial charge in [0, 0.05) is 38.2 Å². The summed E-state index contributed by atoms with van der Waals surface area (Å²) >= 11 is 0. The van der Waals surface area contributed by atoms with Crippen LogP contribution in [-0.2, 0) is 21.7 Å². The van der Waals surface area contributed by atoms with Crippen LogP contribution in [-0.4, -0.2) is 0 Å². The lowest BCUT2D eigenvalue weighted by Gasteiger charge is -2.32. The van der Waals surface area contributed by atoms with Gasteiger partial charge in [-0.1, -0.05) is 168 Å². The predicted octanol–water partition coefficient (Wildman–Crippen LogP) is 17.4. The molecule has 0 aliphatic heterocycles. The lowest BCUT2D eigenvalue weighted by atomic mass is 9.74. The summed E-state index contributed by atoms with van der Waals surface area (Å²) in [5, 5.41) is 3.83. The van der Waals surface area contributed by atoms with Gasteiger partial charge in [0.15, 0.2) is 0 Å². The Labute approximate surface area is 355 Å². The number of rotatable bonds is 5. The van der Waals surface area contributed by atoms with Crippen molar-refractivity contribution in [2.24, 2.45) is 0 Å². The predicted molar refractivity (Wildman–Crippen MR) is 251 cm³/mol. The average Bonchev–Trinajstić information content (AvgIpc) is 3.43. The molecule has 0 bridgehead atoms. The van der Waals surface area contributed by atoms with Gasteiger partial charge in [-0.25, -0.2) is 0 Å². The quantitative estimate of drug-likeness (QED) is 0.172. The van der Waals surface area contributed by atoms with E-state index in [9.17, 15) is 0 Å². The monoisotopic (exact) mass is 838 g/mol. The second-order valence-electron chi connectivity index (χ2n) is 19.8. The number of hydrogen-bond acceptors (Lipinski definition) is 6. The normalized spacial score (nSPS) is 12.7. The average molecular weight is 839 g/mol. The van der Waals surface area contributed by atoms with Crippen molar-refractivity contribution in [3.8, 4) is 22.6 Å². The van der Waals surface area contributed by atoms with E-state index in [0.29, 0.717) is 33.8 Å². The molecule has 0 aliphatic rings. The van der Waals surface area contributed by atoms with Crippen molar-refractivity contribution < 1.29 is 25.8 Å². The molecule has 0 saturated carbocycles. The summed E-state index contributed by atoms with van der Waals surface area (Å²) in [6.07, 6.45) is 0. The van der Waals surface area contributed by atoms with Gasteiger partial charge in [-0.3, -0.25) is 0 Å². The number of benzene rings is 6. The summed E-state index contributed by atoms with van der Waals surface area (Å²) in [4.78, 5) is 0. The second kappa shape index (κ2) is 15.3.